The fourth-order valence-electron chi connectivity index (χ4n) is 2.31. The van der Waals surface area contributed by atoms with E-state index in [-0.39, 0.29) is 6.61 Å². The Kier molecular flexibility index (Phi) is 5.31. The minimum absolute atomic E-state index is 0.0719. The predicted molar refractivity (Wildman–Crippen MR) is 98.6 cm³/mol. The smallest absolute Gasteiger partial charge is 0.331 e. The third-order valence-electron chi connectivity index (χ3n) is 3.65. The van der Waals surface area contributed by atoms with E-state index in [4.69, 9.17) is 21.1 Å². The molecule has 0 aliphatic heterocycles. The number of halogens is 1. The van der Waals surface area contributed by atoms with Crippen LogP contribution < -0.4 is 4.74 Å². The molecule has 1 heterocycles. The maximum Gasteiger partial charge on any atom is 0.331 e. The first-order chi connectivity index (χ1) is 12.2. The van der Waals surface area contributed by atoms with Crippen molar-refractivity contribution in [1.29, 1.82) is 0 Å². The van der Waals surface area contributed by atoms with Gasteiger partial charge in [0, 0.05) is 17.0 Å². The first-order valence-electron chi connectivity index (χ1n) is 7.69. The number of nitrogens with zero attached hydrogens (tertiary/aromatic N) is 1. The molecule has 0 amide bonds. The SMILES string of the molecule is COc1ccc(/C=C/C(=O)OCc2cc3ccccc3nc2Cl)cc1. The van der Waals surface area contributed by atoms with Gasteiger partial charge in [-0.25, -0.2) is 9.78 Å². The van der Waals surface area contributed by atoms with Crippen molar-refractivity contribution in [2.24, 2.45) is 0 Å². The number of rotatable bonds is 5. The summed E-state index contributed by atoms with van der Waals surface area (Å²) in [4.78, 5) is 16.2. The highest BCUT2D eigenvalue weighted by molar-refractivity contribution is 6.30. The quantitative estimate of drug-likeness (QED) is 0.380. The van der Waals surface area contributed by atoms with Gasteiger partial charge in [-0.05, 0) is 35.9 Å². The van der Waals surface area contributed by atoms with Gasteiger partial charge in [-0.3, -0.25) is 0 Å². The van der Waals surface area contributed by atoms with Crippen LogP contribution in [0, 0.1) is 0 Å². The minimum Gasteiger partial charge on any atom is -0.497 e. The van der Waals surface area contributed by atoms with E-state index in [9.17, 15) is 4.79 Å². The van der Waals surface area contributed by atoms with Crippen LogP contribution in [0.25, 0.3) is 17.0 Å². The van der Waals surface area contributed by atoms with Gasteiger partial charge in [0.05, 0.1) is 12.6 Å². The first kappa shape index (κ1) is 17.0. The lowest BCUT2D eigenvalue weighted by molar-refractivity contribution is -0.138. The Bertz CT molecular complexity index is 920. The van der Waals surface area contributed by atoms with Crippen LogP contribution >= 0.6 is 11.6 Å². The fraction of sp³-hybridized carbons (Fsp3) is 0.100. The summed E-state index contributed by atoms with van der Waals surface area (Å²) in [6.45, 7) is 0.0719. The monoisotopic (exact) mass is 353 g/mol. The molecule has 0 fully saturated rings. The highest BCUT2D eigenvalue weighted by Gasteiger charge is 2.07. The molecule has 0 atom stereocenters. The third-order valence-corrected chi connectivity index (χ3v) is 3.97. The summed E-state index contributed by atoms with van der Waals surface area (Å²) < 4.78 is 10.3. The third kappa shape index (κ3) is 4.37. The van der Waals surface area contributed by atoms with Gasteiger partial charge < -0.3 is 9.47 Å². The van der Waals surface area contributed by atoms with Gasteiger partial charge in [0.1, 0.15) is 17.5 Å². The molecule has 0 N–H and O–H groups in total. The Labute approximate surface area is 150 Å². The number of methoxy groups -OCH3 is 1. The molecular formula is C20H16ClNO3. The number of hydrogen-bond donors (Lipinski definition) is 0. The lowest BCUT2D eigenvalue weighted by Gasteiger charge is -2.06. The fourth-order valence-corrected chi connectivity index (χ4v) is 2.51. The van der Waals surface area contributed by atoms with Crippen LogP contribution in [0.4, 0.5) is 0 Å². The summed E-state index contributed by atoms with van der Waals surface area (Å²) >= 11 is 6.16. The molecule has 3 aromatic rings. The number of fused-ring (bicyclic) bond motifs is 1. The Morgan fingerprint density at radius 1 is 1.16 bits per heavy atom. The van der Waals surface area contributed by atoms with Crippen LogP contribution in [0.3, 0.4) is 0 Å². The predicted octanol–water partition coefficient (Wildman–Crippen LogP) is 4.65. The van der Waals surface area contributed by atoms with E-state index in [0.717, 1.165) is 22.2 Å². The average molecular weight is 354 g/mol. The second-order valence-corrected chi connectivity index (χ2v) is 5.70. The van der Waals surface area contributed by atoms with Crippen molar-refractivity contribution in [3.63, 3.8) is 0 Å². The molecule has 0 bridgehead atoms. The van der Waals surface area contributed by atoms with E-state index < -0.39 is 5.97 Å². The van der Waals surface area contributed by atoms with E-state index in [2.05, 4.69) is 4.98 Å². The van der Waals surface area contributed by atoms with E-state index in [1.807, 2.05) is 54.6 Å². The number of para-hydroxylation sites is 1. The molecule has 25 heavy (non-hydrogen) atoms. The zero-order valence-corrected chi connectivity index (χ0v) is 14.4. The summed E-state index contributed by atoms with van der Waals surface area (Å²) in [6, 6.07) is 16.9. The molecule has 0 aliphatic rings. The van der Waals surface area contributed by atoms with Gasteiger partial charge in [-0.15, -0.1) is 0 Å². The lowest BCUT2D eigenvalue weighted by Crippen LogP contribution is -2.02. The molecule has 0 spiro atoms. The number of carbonyl (C=O) groups excluding carboxylic acids is 1. The van der Waals surface area contributed by atoms with E-state index in [0.29, 0.717) is 10.7 Å². The number of benzene rings is 2. The molecule has 2 aromatic carbocycles. The molecular weight excluding hydrogens is 338 g/mol. The minimum atomic E-state index is -0.444. The molecule has 5 heteroatoms. The van der Waals surface area contributed by atoms with Crippen molar-refractivity contribution < 1.29 is 14.3 Å². The highest BCUT2D eigenvalue weighted by Crippen LogP contribution is 2.21. The molecule has 3 rings (SSSR count). The van der Waals surface area contributed by atoms with Gasteiger partial charge >= 0.3 is 5.97 Å². The maximum atomic E-state index is 11.9. The topological polar surface area (TPSA) is 48.4 Å². The first-order valence-corrected chi connectivity index (χ1v) is 8.06. The number of ether oxygens (including phenoxy) is 2. The van der Waals surface area contributed by atoms with Crippen molar-refractivity contribution in [1.82, 2.24) is 4.98 Å². The van der Waals surface area contributed by atoms with Crippen molar-refractivity contribution in [3.8, 4) is 5.75 Å². The Balaban J connectivity index is 1.63. The standard InChI is InChI=1S/C20H16ClNO3/c1-24-17-9-6-14(7-10-17)8-11-19(23)25-13-16-12-15-4-2-3-5-18(15)22-20(16)21/h2-12H,13H2,1H3/b11-8+. The van der Waals surface area contributed by atoms with Crippen LogP contribution in [0.5, 0.6) is 5.75 Å². The molecule has 0 saturated carbocycles. The number of hydrogen-bond acceptors (Lipinski definition) is 4. The molecule has 0 radical (unpaired) electrons. The molecule has 4 nitrogen and oxygen atoms in total. The van der Waals surface area contributed by atoms with Gasteiger partial charge in [-0.2, -0.15) is 0 Å². The van der Waals surface area contributed by atoms with E-state index >= 15 is 0 Å². The van der Waals surface area contributed by atoms with Crippen molar-refractivity contribution in [2.75, 3.05) is 7.11 Å². The highest BCUT2D eigenvalue weighted by atomic mass is 35.5. The Morgan fingerprint density at radius 2 is 1.92 bits per heavy atom. The second kappa shape index (κ2) is 7.81. The molecule has 126 valence electrons. The largest absolute Gasteiger partial charge is 0.497 e. The summed E-state index contributed by atoms with van der Waals surface area (Å²) in [5.74, 6) is 0.318. The Hall–Kier alpha value is -2.85. The molecule has 0 unspecified atom stereocenters. The molecule has 0 saturated heterocycles. The van der Waals surface area contributed by atoms with Crippen LogP contribution in [-0.4, -0.2) is 18.1 Å². The molecule has 1 aromatic heterocycles. The van der Waals surface area contributed by atoms with Crippen LogP contribution in [-0.2, 0) is 16.1 Å². The van der Waals surface area contributed by atoms with Gasteiger partial charge in [0.25, 0.3) is 0 Å². The normalized spacial score (nSPS) is 11.0. The van der Waals surface area contributed by atoms with Crippen LogP contribution in [0.2, 0.25) is 5.15 Å². The van der Waals surface area contributed by atoms with Gasteiger partial charge in [0.15, 0.2) is 0 Å². The van der Waals surface area contributed by atoms with E-state index in [1.165, 1.54) is 6.08 Å². The van der Waals surface area contributed by atoms with Crippen LogP contribution in [0.15, 0.2) is 60.7 Å². The number of aromatic nitrogens is 1. The lowest BCUT2D eigenvalue weighted by atomic mass is 10.2. The summed E-state index contributed by atoms with van der Waals surface area (Å²) in [7, 11) is 1.61. The van der Waals surface area contributed by atoms with Gasteiger partial charge in [0.2, 0.25) is 0 Å². The van der Waals surface area contributed by atoms with E-state index in [1.54, 1.807) is 13.2 Å². The average Bonchev–Trinajstić information content (AvgIpc) is 2.65. The number of esters is 1. The summed E-state index contributed by atoms with van der Waals surface area (Å²) in [6.07, 6.45) is 3.06. The zero-order chi connectivity index (χ0) is 17.6. The Morgan fingerprint density at radius 3 is 2.68 bits per heavy atom. The van der Waals surface area contributed by atoms with Crippen molar-refractivity contribution in [3.05, 3.63) is 77.0 Å². The molecule has 0 aliphatic carbocycles. The zero-order valence-electron chi connectivity index (χ0n) is 13.6. The second-order valence-electron chi connectivity index (χ2n) is 5.35. The summed E-state index contributed by atoms with van der Waals surface area (Å²) in [5.41, 5.74) is 2.36. The number of pyridine rings is 1. The van der Waals surface area contributed by atoms with Crippen molar-refractivity contribution in [2.45, 2.75) is 6.61 Å². The number of carbonyl (C=O) groups is 1. The van der Waals surface area contributed by atoms with Gasteiger partial charge in [-0.1, -0.05) is 41.9 Å². The maximum absolute atomic E-state index is 11.9. The van der Waals surface area contributed by atoms with Crippen LogP contribution in [0.1, 0.15) is 11.1 Å². The summed E-state index contributed by atoms with van der Waals surface area (Å²) in [5, 5.41) is 1.29. The van der Waals surface area contributed by atoms with Crippen molar-refractivity contribution >= 4 is 34.5 Å².